The van der Waals surface area contributed by atoms with Crippen LogP contribution < -0.4 is 9.30 Å². The predicted molar refractivity (Wildman–Crippen MR) is 82.0 cm³/mol. The number of alkyl halides is 1. The van der Waals surface area contributed by atoms with Crippen LogP contribution in [-0.2, 0) is 4.79 Å². The van der Waals surface area contributed by atoms with E-state index in [1.165, 1.54) is 0 Å². The Bertz CT molecular complexity index is 701. The second-order valence-corrected chi connectivity index (χ2v) is 7.41. The van der Waals surface area contributed by atoms with Crippen LogP contribution >= 0.6 is 21.0 Å². The number of hydrogen-bond donors (Lipinski definition) is 3. The van der Waals surface area contributed by atoms with Crippen molar-refractivity contribution in [2.75, 3.05) is 5.73 Å². The SMILES string of the molecule is Nc1cccc2cc(C3CC3(I=[NH2+])C(=O)O)ccc12. The number of halogens is 1. The minimum Gasteiger partial charge on any atom is -0.480 e. The van der Waals surface area contributed by atoms with Gasteiger partial charge in [-0.05, 0) is 23.4 Å². The van der Waals surface area contributed by atoms with E-state index in [1.54, 1.807) is 0 Å². The van der Waals surface area contributed by atoms with Gasteiger partial charge in [0.15, 0.2) is 3.42 Å². The van der Waals surface area contributed by atoms with Gasteiger partial charge in [0, 0.05) is 17.0 Å². The Balaban J connectivity index is 2.05. The lowest BCUT2D eigenvalue weighted by molar-refractivity contribution is -0.136. The lowest BCUT2D eigenvalue weighted by Gasteiger charge is -2.06. The number of fused-ring (bicyclic) bond motifs is 1. The monoisotopic (exact) mass is 369 g/mol. The normalized spacial score (nSPS) is 25.4. The van der Waals surface area contributed by atoms with Crippen LogP contribution in [0, 0.1) is 0 Å². The smallest absolute Gasteiger partial charge is 0.325 e. The number of carboxylic acid groups (broad SMARTS) is 1. The molecule has 5 N–H and O–H groups in total. The standard InChI is InChI=1S/C14H13IN2O2/c16-12-3-1-2-8-6-9(4-5-10(8)12)11-7-14(11,15-17)13(18)19/h1-6,11,17H,7,16H2,(H,18,19)/p+1. The third-order valence-electron chi connectivity index (χ3n) is 3.78. The Morgan fingerprint density at radius 3 is 2.84 bits per heavy atom. The van der Waals surface area contributed by atoms with Gasteiger partial charge in [-0.2, -0.15) is 0 Å². The van der Waals surface area contributed by atoms with Gasteiger partial charge < -0.3 is 10.8 Å². The molecule has 1 aliphatic carbocycles. The Morgan fingerprint density at radius 2 is 2.21 bits per heavy atom. The van der Waals surface area contributed by atoms with Crippen LogP contribution in [0.25, 0.3) is 10.8 Å². The zero-order chi connectivity index (χ0) is 13.6. The van der Waals surface area contributed by atoms with Gasteiger partial charge in [0.05, 0.1) is 0 Å². The van der Waals surface area contributed by atoms with Gasteiger partial charge in [0.2, 0.25) is 21.0 Å². The molecule has 98 valence electrons. The second kappa shape index (κ2) is 4.26. The zero-order valence-corrected chi connectivity index (χ0v) is 12.3. The quantitative estimate of drug-likeness (QED) is 0.437. The summed E-state index contributed by atoms with van der Waals surface area (Å²) in [6.07, 6.45) is 0.667. The molecule has 5 heteroatoms. The van der Waals surface area contributed by atoms with Crippen LogP contribution in [0.2, 0.25) is 0 Å². The highest BCUT2D eigenvalue weighted by Gasteiger charge is 2.64. The van der Waals surface area contributed by atoms with Crippen LogP contribution in [0.15, 0.2) is 36.4 Å². The summed E-state index contributed by atoms with van der Waals surface area (Å²) >= 11 is -0.809. The van der Waals surface area contributed by atoms with E-state index < -0.39 is 30.4 Å². The van der Waals surface area contributed by atoms with Crippen LogP contribution in [-0.4, -0.2) is 14.5 Å². The van der Waals surface area contributed by atoms with E-state index in [1.807, 2.05) is 36.4 Å². The average molecular weight is 369 g/mol. The highest BCUT2D eigenvalue weighted by Crippen LogP contribution is 2.59. The van der Waals surface area contributed by atoms with E-state index in [9.17, 15) is 9.90 Å². The minimum atomic E-state index is -0.809. The molecule has 19 heavy (non-hydrogen) atoms. The molecule has 3 rings (SSSR count). The molecule has 1 aliphatic rings. The summed E-state index contributed by atoms with van der Waals surface area (Å²) < 4.78 is 5.08. The summed E-state index contributed by atoms with van der Waals surface area (Å²) in [6, 6.07) is 11.8. The van der Waals surface area contributed by atoms with Gasteiger partial charge in [0.25, 0.3) is 0 Å². The molecule has 2 unspecified atom stereocenters. The summed E-state index contributed by atoms with van der Waals surface area (Å²) in [4.78, 5) is 11.3. The number of hydrogen-bond acceptors (Lipinski definition) is 2. The highest BCUT2D eigenvalue weighted by molar-refractivity contribution is 14.1. The summed E-state index contributed by atoms with van der Waals surface area (Å²) in [5.74, 6) is -0.686. The Kier molecular flexibility index (Phi) is 2.81. The minimum absolute atomic E-state index is 0.0635. The number of carbonyl (C=O) groups is 1. The van der Waals surface area contributed by atoms with E-state index in [0.29, 0.717) is 6.42 Å². The number of nitrogens with two attached hydrogens (primary N) is 2. The summed E-state index contributed by atoms with van der Waals surface area (Å²) in [6.45, 7) is 0. The molecule has 0 amide bonds. The average Bonchev–Trinajstić information content (AvgIpc) is 3.15. The highest BCUT2D eigenvalue weighted by atomic mass is 127. The topological polar surface area (TPSA) is 88.9 Å². The molecule has 1 fully saturated rings. The van der Waals surface area contributed by atoms with Gasteiger partial charge in [-0.25, -0.2) is 3.56 Å². The van der Waals surface area contributed by atoms with Gasteiger partial charge in [0.1, 0.15) is 0 Å². The van der Waals surface area contributed by atoms with Gasteiger partial charge in [-0.3, -0.25) is 4.79 Å². The van der Waals surface area contributed by atoms with Crippen molar-refractivity contribution in [2.24, 2.45) is 0 Å². The summed E-state index contributed by atoms with van der Waals surface area (Å²) in [5, 5.41) is 11.4. The molecular formula is C14H14IN2O2+. The molecule has 2 atom stereocenters. The molecule has 0 heterocycles. The third-order valence-corrected chi connectivity index (χ3v) is 6.55. The van der Waals surface area contributed by atoms with Crippen molar-refractivity contribution < 1.29 is 13.5 Å². The van der Waals surface area contributed by atoms with Gasteiger partial charge in [-0.15, -0.1) is 0 Å². The molecule has 1 saturated carbocycles. The lowest BCUT2D eigenvalue weighted by atomic mass is 10.0. The largest absolute Gasteiger partial charge is 0.480 e. The molecule has 2 aromatic rings. The van der Waals surface area contributed by atoms with Crippen molar-refractivity contribution in [1.82, 2.24) is 0 Å². The fourth-order valence-corrected chi connectivity index (χ4v) is 4.32. The van der Waals surface area contributed by atoms with E-state index >= 15 is 0 Å². The van der Waals surface area contributed by atoms with E-state index in [4.69, 9.17) is 9.30 Å². The second-order valence-electron chi connectivity index (χ2n) is 4.86. The van der Waals surface area contributed by atoms with Crippen LogP contribution in [0.3, 0.4) is 0 Å². The molecule has 0 spiro atoms. The third kappa shape index (κ3) is 1.83. The van der Waals surface area contributed by atoms with Crippen molar-refractivity contribution >= 4 is 43.5 Å². The lowest BCUT2D eigenvalue weighted by Crippen LogP contribution is -2.27. The first-order valence-electron chi connectivity index (χ1n) is 5.94. The number of rotatable bonds is 3. The van der Waals surface area contributed by atoms with Crippen molar-refractivity contribution in [3.8, 4) is 0 Å². The van der Waals surface area contributed by atoms with E-state index in [-0.39, 0.29) is 5.92 Å². The summed E-state index contributed by atoms with van der Waals surface area (Å²) in [5.41, 5.74) is 7.72. The van der Waals surface area contributed by atoms with Gasteiger partial charge in [-0.1, -0.05) is 30.3 Å². The molecular weight excluding hydrogens is 355 g/mol. The van der Waals surface area contributed by atoms with Crippen LogP contribution in [0.1, 0.15) is 17.9 Å². The van der Waals surface area contributed by atoms with Crippen molar-refractivity contribution in [3.63, 3.8) is 0 Å². The maximum Gasteiger partial charge on any atom is 0.325 e. The number of aliphatic carboxylic acids is 1. The molecule has 4 nitrogen and oxygen atoms in total. The maximum atomic E-state index is 11.3. The molecule has 0 bridgehead atoms. The van der Waals surface area contributed by atoms with Crippen molar-refractivity contribution in [1.29, 1.82) is 0 Å². The molecule has 0 radical (unpaired) electrons. The molecule has 2 aromatic carbocycles. The number of anilines is 1. The zero-order valence-electron chi connectivity index (χ0n) is 10.1. The van der Waals surface area contributed by atoms with Crippen LogP contribution in [0.5, 0.6) is 0 Å². The number of nitrogen functional groups attached to an aromatic ring is 1. The summed E-state index contributed by atoms with van der Waals surface area (Å²) in [7, 11) is 0. The first-order chi connectivity index (χ1) is 9.08. The van der Waals surface area contributed by atoms with Crippen molar-refractivity contribution in [2.45, 2.75) is 15.8 Å². The first kappa shape index (κ1) is 12.5. The van der Waals surface area contributed by atoms with E-state index in [0.717, 1.165) is 22.0 Å². The van der Waals surface area contributed by atoms with Crippen molar-refractivity contribution in [3.05, 3.63) is 42.0 Å². The Morgan fingerprint density at radius 1 is 1.42 bits per heavy atom. The predicted octanol–water partition coefficient (Wildman–Crippen LogP) is 1.65. The molecule has 0 aromatic heterocycles. The molecule has 0 saturated heterocycles. The number of benzene rings is 2. The fraction of sp³-hybridized carbons (Fsp3) is 0.214. The maximum absolute atomic E-state index is 11.3. The molecule has 0 aliphatic heterocycles. The number of carboxylic acids is 1. The van der Waals surface area contributed by atoms with Gasteiger partial charge >= 0.3 is 5.97 Å². The van der Waals surface area contributed by atoms with Crippen LogP contribution in [0.4, 0.5) is 5.69 Å². The first-order valence-corrected chi connectivity index (χ1v) is 8.27. The Hall–Kier alpha value is -1.50. The fourth-order valence-electron chi connectivity index (χ4n) is 2.57. The van der Waals surface area contributed by atoms with E-state index in [2.05, 4.69) is 0 Å². The Labute approximate surface area is 120 Å².